The van der Waals surface area contributed by atoms with Crippen molar-refractivity contribution in [2.45, 2.75) is 0 Å². The number of nitrogens with one attached hydrogen (secondary N) is 2. The van der Waals surface area contributed by atoms with Gasteiger partial charge in [-0.15, -0.1) is 0 Å². The van der Waals surface area contributed by atoms with Crippen LogP contribution in [0.15, 0.2) is 42.5 Å². The molecule has 0 fully saturated rings. The SMILES string of the molecule is COc1ccc2nc(Nc3cccc(C#N)c3)[nH]c2c1. The van der Waals surface area contributed by atoms with E-state index in [1.165, 1.54) is 0 Å². The van der Waals surface area contributed by atoms with Crippen molar-refractivity contribution >= 4 is 22.7 Å². The normalized spacial score (nSPS) is 10.2. The highest BCUT2D eigenvalue weighted by Crippen LogP contribution is 2.22. The molecule has 5 nitrogen and oxygen atoms in total. The fraction of sp³-hybridized carbons (Fsp3) is 0.0667. The molecule has 1 heterocycles. The van der Waals surface area contributed by atoms with Gasteiger partial charge in [-0.3, -0.25) is 0 Å². The van der Waals surface area contributed by atoms with Crippen LogP contribution >= 0.6 is 0 Å². The van der Waals surface area contributed by atoms with Crippen LogP contribution in [0.5, 0.6) is 5.75 Å². The van der Waals surface area contributed by atoms with Crippen LogP contribution in [0.3, 0.4) is 0 Å². The Balaban J connectivity index is 1.92. The molecule has 2 N–H and O–H groups in total. The molecule has 0 spiro atoms. The topological polar surface area (TPSA) is 73.7 Å². The molecule has 3 aromatic rings. The van der Waals surface area contributed by atoms with E-state index in [9.17, 15) is 0 Å². The van der Waals surface area contributed by atoms with Crippen LogP contribution in [0, 0.1) is 11.3 Å². The van der Waals surface area contributed by atoms with Crippen LogP contribution in [0.4, 0.5) is 11.6 Å². The average Bonchev–Trinajstić information content (AvgIpc) is 2.88. The van der Waals surface area contributed by atoms with E-state index in [-0.39, 0.29) is 0 Å². The Labute approximate surface area is 115 Å². The molecule has 0 atom stereocenters. The number of nitrogens with zero attached hydrogens (tertiary/aromatic N) is 2. The molecule has 20 heavy (non-hydrogen) atoms. The van der Waals surface area contributed by atoms with E-state index in [1.54, 1.807) is 19.2 Å². The molecule has 0 unspecified atom stereocenters. The lowest BCUT2D eigenvalue weighted by Gasteiger charge is -2.02. The van der Waals surface area contributed by atoms with Gasteiger partial charge in [-0.1, -0.05) is 6.07 Å². The van der Waals surface area contributed by atoms with E-state index in [4.69, 9.17) is 10.00 Å². The maximum atomic E-state index is 8.89. The summed E-state index contributed by atoms with van der Waals surface area (Å²) in [5, 5.41) is 12.0. The Morgan fingerprint density at radius 2 is 2.15 bits per heavy atom. The van der Waals surface area contributed by atoms with Crippen molar-refractivity contribution in [1.29, 1.82) is 5.26 Å². The summed E-state index contributed by atoms with van der Waals surface area (Å²) in [5.74, 6) is 1.41. The molecule has 0 saturated carbocycles. The van der Waals surface area contributed by atoms with Gasteiger partial charge in [0.1, 0.15) is 5.75 Å². The van der Waals surface area contributed by atoms with Crippen molar-refractivity contribution in [3.8, 4) is 11.8 Å². The van der Waals surface area contributed by atoms with Crippen LogP contribution < -0.4 is 10.1 Å². The minimum Gasteiger partial charge on any atom is -0.497 e. The zero-order valence-corrected chi connectivity index (χ0v) is 10.8. The molecule has 0 bridgehead atoms. The average molecular weight is 264 g/mol. The summed E-state index contributed by atoms with van der Waals surface area (Å²) < 4.78 is 5.18. The van der Waals surface area contributed by atoms with Gasteiger partial charge in [-0.2, -0.15) is 5.26 Å². The molecule has 98 valence electrons. The highest BCUT2D eigenvalue weighted by Gasteiger charge is 2.04. The molecule has 5 heteroatoms. The van der Waals surface area contributed by atoms with Crippen molar-refractivity contribution in [1.82, 2.24) is 9.97 Å². The van der Waals surface area contributed by atoms with E-state index in [0.717, 1.165) is 22.5 Å². The lowest BCUT2D eigenvalue weighted by molar-refractivity contribution is 0.415. The number of methoxy groups -OCH3 is 1. The third kappa shape index (κ3) is 2.27. The molecule has 0 aliphatic heterocycles. The molecule has 3 rings (SSSR count). The number of anilines is 2. The number of nitriles is 1. The zero-order chi connectivity index (χ0) is 13.9. The third-order valence-electron chi connectivity index (χ3n) is 2.94. The second-order valence-corrected chi connectivity index (χ2v) is 4.29. The maximum absolute atomic E-state index is 8.89. The first kappa shape index (κ1) is 12.1. The van der Waals surface area contributed by atoms with Gasteiger partial charge in [0.05, 0.1) is 29.8 Å². The van der Waals surface area contributed by atoms with Gasteiger partial charge in [0.15, 0.2) is 0 Å². The summed E-state index contributed by atoms with van der Waals surface area (Å²) in [4.78, 5) is 7.60. The molecule has 0 radical (unpaired) electrons. The van der Waals surface area contributed by atoms with Crippen LogP contribution in [0.25, 0.3) is 11.0 Å². The Bertz CT molecular complexity index is 801. The Morgan fingerprint density at radius 1 is 1.25 bits per heavy atom. The number of imidazole rings is 1. The first-order chi connectivity index (χ1) is 9.78. The minimum absolute atomic E-state index is 0.604. The third-order valence-corrected chi connectivity index (χ3v) is 2.94. The first-order valence-corrected chi connectivity index (χ1v) is 6.09. The van der Waals surface area contributed by atoms with Crippen molar-refractivity contribution in [3.63, 3.8) is 0 Å². The summed E-state index contributed by atoms with van der Waals surface area (Å²) in [6.07, 6.45) is 0. The lowest BCUT2D eigenvalue weighted by Crippen LogP contribution is -1.92. The van der Waals surface area contributed by atoms with Crippen LogP contribution in [-0.2, 0) is 0 Å². The van der Waals surface area contributed by atoms with Gasteiger partial charge in [-0.05, 0) is 30.3 Å². The summed E-state index contributed by atoms with van der Waals surface area (Å²) in [7, 11) is 1.63. The molecule has 0 aliphatic rings. The minimum atomic E-state index is 0.604. The summed E-state index contributed by atoms with van der Waals surface area (Å²) in [5.41, 5.74) is 3.16. The van der Waals surface area contributed by atoms with Gasteiger partial charge in [0.25, 0.3) is 0 Å². The van der Waals surface area contributed by atoms with E-state index >= 15 is 0 Å². The highest BCUT2D eigenvalue weighted by molar-refractivity contribution is 5.80. The first-order valence-electron chi connectivity index (χ1n) is 6.09. The Kier molecular flexibility index (Phi) is 2.98. The van der Waals surface area contributed by atoms with Crippen LogP contribution in [0.2, 0.25) is 0 Å². The fourth-order valence-electron chi connectivity index (χ4n) is 1.98. The molecular weight excluding hydrogens is 252 g/mol. The van der Waals surface area contributed by atoms with Crippen LogP contribution in [0.1, 0.15) is 5.56 Å². The second kappa shape index (κ2) is 4.94. The smallest absolute Gasteiger partial charge is 0.205 e. The van der Waals surface area contributed by atoms with E-state index in [1.807, 2.05) is 30.3 Å². The summed E-state index contributed by atoms with van der Waals surface area (Å²) in [6.45, 7) is 0. The lowest BCUT2D eigenvalue weighted by atomic mass is 10.2. The van der Waals surface area contributed by atoms with Crippen molar-refractivity contribution in [2.24, 2.45) is 0 Å². The van der Waals surface area contributed by atoms with Gasteiger partial charge in [0.2, 0.25) is 5.95 Å². The van der Waals surface area contributed by atoms with E-state index < -0.39 is 0 Å². The monoisotopic (exact) mass is 264 g/mol. The molecule has 2 aromatic carbocycles. The van der Waals surface area contributed by atoms with Gasteiger partial charge >= 0.3 is 0 Å². The molecule has 1 aromatic heterocycles. The number of hydrogen-bond donors (Lipinski definition) is 2. The van der Waals surface area contributed by atoms with E-state index in [0.29, 0.717) is 11.5 Å². The highest BCUT2D eigenvalue weighted by atomic mass is 16.5. The Morgan fingerprint density at radius 3 is 2.95 bits per heavy atom. The quantitative estimate of drug-likeness (QED) is 0.762. The number of rotatable bonds is 3. The standard InChI is InChI=1S/C15H12N4O/c1-20-12-5-6-13-14(8-12)19-15(18-13)17-11-4-2-3-10(7-11)9-16/h2-8H,1H3,(H2,17,18,19). The van der Waals surface area contributed by atoms with Crippen molar-refractivity contribution < 1.29 is 4.74 Å². The molecular formula is C15H12N4O. The number of ether oxygens (including phenoxy) is 1. The summed E-state index contributed by atoms with van der Waals surface area (Å²) in [6, 6.07) is 15.0. The molecule has 0 aliphatic carbocycles. The number of aromatic amines is 1. The number of fused-ring (bicyclic) bond motifs is 1. The predicted octanol–water partition coefficient (Wildman–Crippen LogP) is 3.19. The van der Waals surface area contributed by atoms with Gasteiger partial charge in [-0.25, -0.2) is 4.98 Å². The number of benzene rings is 2. The molecule has 0 saturated heterocycles. The molecule has 0 amide bonds. The van der Waals surface area contributed by atoms with Gasteiger partial charge in [0, 0.05) is 11.8 Å². The number of hydrogen-bond acceptors (Lipinski definition) is 4. The number of H-pyrrole nitrogens is 1. The number of aromatic nitrogens is 2. The van der Waals surface area contributed by atoms with Crippen molar-refractivity contribution in [3.05, 3.63) is 48.0 Å². The predicted molar refractivity (Wildman–Crippen MR) is 77.1 cm³/mol. The zero-order valence-electron chi connectivity index (χ0n) is 10.8. The van der Waals surface area contributed by atoms with Crippen molar-refractivity contribution in [2.75, 3.05) is 12.4 Å². The summed E-state index contributed by atoms with van der Waals surface area (Å²) >= 11 is 0. The van der Waals surface area contributed by atoms with Crippen LogP contribution in [-0.4, -0.2) is 17.1 Å². The second-order valence-electron chi connectivity index (χ2n) is 4.29. The van der Waals surface area contributed by atoms with E-state index in [2.05, 4.69) is 21.4 Å². The largest absolute Gasteiger partial charge is 0.497 e. The maximum Gasteiger partial charge on any atom is 0.205 e. The fourth-order valence-corrected chi connectivity index (χ4v) is 1.98. The Hall–Kier alpha value is -3.00. The van der Waals surface area contributed by atoms with Gasteiger partial charge < -0.3 is 15.0 Å².